The van der Waals surface area contributed by atoms with Crippen LogP contribution in [-0.4, -0.2) is 51.3 Å². The molecule has 2 saturated heterocycles. The van der Waals surface area contributed by atoms with Crippen LogP contribution in [-0.2, 0) is 21.3 Å². The predicted octanol–water partition coefficient (Wildman–Crippen LogP) is 2.45. The summed E-state index contributed by atoms with van der Waals surface area (Å²) in [5, 5.41) is 0. The highest BCUT2D eigenvalue weighted by atomic mass is 16.5. The predicted molar refractivity (Wildman–Crippen MR) is 93.0 cm³/mol. The zero-order chi connectivity index (χ0) is 17.7. The molecule has 3 fully saturated rings. The summed E-state index contributed by atoms with van der Waals surface area (Å²) in [5.41, 5.74) is -0.438. The van der Waals surface area contributed by atoms with E-state index < -0.39 is 0 Å². The number of rotatable bonds is 2. The van der Waals surface area contributed by atoms with E-state index in [0.29, 0.717) is 13.2 Å². The number of morpholine rings is 1. The van der Waals surface area contributed by atoms with E-state index in [2.05, 4.69) is 18.8 Å². The third kappa shape index (κ3) is 3.10. The van der Waals surface area contributed by atoms with Crippen LogP contribution in [0.3, 0.4) is 0 Å². The Hall–Kier alpha value is -1.40. The minimum absolute atomic E-state index is 0.143. The molecule has 1 saturated carbocycles. The molecular formula is C19H29N3O3. The van der Waals surface area contributed by atoms with E-state index in [1.807, 2.05) is 22.7 Å². The van der Waals surface area contributed by atoms with E-state index in [1.54, 1.807) is 6.20 Å². The van der Waals surface area contributed by atoms with Gasteiger partial charge in [-0.05, 0) is 33.1 Å². The van der Waals surface area contributed by atoms with Gasteiger partial charge in [-0.1, -0.05) is 12.8 Å². The summed E-state index contributed by atoms with van der Waals surface area (Å²) in [6, 6.07) is 0. The van der Waals surface area contributed by atoms with Gasteiger partial charge < -0.3 is 18.9 Å². The molecule has 6 heteroatoms. The van der Waals surface area contributed by atoms with Crippen LogP contribution in [0, 0.1) is 5.92 Å². The van der Waals surface area contributed by atoms with Crippen molar-refractivity contribution in [2.75, 3.05) is 19.7 Å². The Morgan fingerprint density at radius 2 is 2.04 bits per heavy atom. The van der Waals surface area contributed by atoms with Gasteiger partial charge in [-0.25, -0.2) is 4.98 Å². The van der Waals surface area contributed by atoms with Gasteiger partial charge in [0, 0.05) is 39.1 Å². The molecule has 4 rings (SSSR count). The van der Waals surface area contributed by atoms with Gasteiger partial charge in [-0.2, -0.15) is 0 Å². The summed E-state index contributed by atoms with van der Waals surface area (Å²) >= 11 is 0. The average molecular weight is 347 g/mol. The Kier molecular flexibility index (Phi) is 4.15. The number of carbonyl (C=O) groups excluding carboxylic acids is 1. The van der Waals surface area contributed by atoms with Gasteiger partial charge in [0.15, 0.2) is 0 Å². The van der Waals surface area contributed by atoms with Crippen LogP contribution in [0.25, 0.3) is 0 Å². The first-order valence-corrected chi connectivity index (χ1v) is 9.47. The van der Waals surface area contributed by atoms with Crippen molar-refractivity contribution in [1.29, 1.82) is 0 Å². The lowest BCUT2D eigenvalue weighted by Crippen LogP contribution is -2.61. The monoisotopic (exact) mass is 347 g/mol. The van der Waals surface area contributed by atoms with Crippen molar-refractivity contribution < 1.29 is 14.3 Å². The van der Waals surface area contributed by atoms with E-state index in [-0.39, 0.29) is 29.1 Å². The zero-order valence-corrected chi connectivity index (χ0v) is 15.5. The van der Waals surface area contributed by atoms with Crippen LogP contribution in [0.2, 0.25) is 0 Å². The molecular weight excluding hydrogens is 318 g/mol. The fraction of sp³-hybridized carbons (Fsp3) is 0.789. The summed E-state index contributed by atoms with van der Waals surface area (Å²) in [6.07, 6.45) is 8.71. The van der Waals surface area contributed by atoms with Crippen molar-refractivity contribution in [1.82, 2.24) is 14.5 Å². The third-order valence-corrected chi connectivity index (χ3v) is 5.89. The highest BCUT2D eigenvalue weighted by Gasteiger charge is 2.49. The maximum Gasteiger partial charge on any atom is 0.229 e. The zero-order valence-electron chi connectivity index (χ0n) is 15.5. The summed E-state index contributed by atoms with van der Waals surface area (Å²) in [6.45, 7) is 6.20. The molecule has 138 valence electrons. The van der Waals surface area contributed by atoms with Gasteiger partial charge in [-0.3, -0.25) is 4.79 Å². The Bertz CT molecular complexity index is 648. The first-order chi connectivity index (χ1) is 11.9. The van der Waals surface area contributed by atoms with Gasteiger partial charge in [0.25, 0.3) is 0 Å². The van der Waals surface area contributed by atoms with Crippen LogP contribution in [0.4, 0.5) is 0 Å². The Morgan fingerprint density at radius 3 is 2.72 bits per heavy atom. The lowest BCUT2D eigenvalue weighted by Gasteiger charge is -2.49. The number of hydrogen-bond donors (Lipinski definition) is 0. The molecule has 1 aromatic rings. The number of nitrogens with zero attached hydrogens (tertiary/aromatic N) is 3. The molecule has 2 atom stereocenters. The van der Waals surface area contributed by atoms with Gasteiger partial charge in [0.2, 0.25) is 5.91 Å². The SMILES string of the molecule is Cn1ccnc1[C@@H]1OCC[C@H]1C(=O)N1CC(C)(C)OC2(CCCC2)C1. The number of ether oxygens (including phenoxy) is 2. The molecule has 0 bridgehead atoms. The summed E-state index contributed by atoms with van der Waals surface area (Å²) in [7, 11) is 1.96. The Balaban J connectivity index is 1.56. The van der Waals surface area contributed by atoms with E-state index in [9.17, 15) is 4.79 Å². The maximum atomic E-state index is 13.4. The fourth-order valence-corrected chi connectivity index (χ4v) is 4.93. The molecule has 1 aromatic heterocycles. The molecule has 1 spiro atoms. The summed E-state index contributed by atoms with van der Waals surface area (Å²) in [5.74, 6) is 0.903. The fourth-order valence-electron chi connectivity index (χ4n) is 4.93. The molecule has 2 aliphatic heterocycles. The van der Waals surface area contributed by atoms with Crippen LogP contribution in [0.5, 0.6) is 0 Å². The largest absolute Gasteiger partial charge is 0.369 e. The average Bonchev–Trinajstić information content (AvgIpc) is 3.25. The molecule has 25 heavy (non-hydrogen) atoms. The smallest absolute Gasteiger partial charge is 0.229 e. The van der Waals surface area contributed by atoms with E-state index in [1.165, 1.54) is 12.8 Å². The minimum Gasteiger partial charge on any atom is -0.369 e. The molecule has 1 amide bonds. The quantitative estimate of drug-likeness (QED) is 0.825. The number of carbonyl (C=O) groups is 1. The number of aromatic nitrogens is 2. The lowest BCUT2D eigenvalue weighted by molar-refractivity contribution is -0.200. The van der Waals surface area contributed by atoms with Crippen LogP contribution in [0.1, 0.15) is 57.9 Å². The topological polar surface area (TPSA) is 56.6 Å². The van der Waals surface area contributed by atoms with Gasteiger partial charge in [-0.15, -0.1) is 0 Å². The van der Waals surface area contributed by atoms with Gasteiger partial charge in [0.1, 0.15) is 11.9 Å². The highest BCUT2D eigenvalue weighted by molar-refractivity contribution is 5.80. The normalized spacial score (nSPS) is 30.9. The second kappa shape index (κ2) is 6.09. The third-order valence-electron chi connectivity index (χ3n) is 5.89. The second-order valence-electron chi connectivity index (χ2n) is 8.53. The van der Waals surface area contributed by atoms with Crippen molar-refractivity contribution in [3.8, 4) is 0 Å². The van der Waals surface area contributed by atoms with E-state index in [4.69, 9.17) is 9.47 Å². The Labute approximate surface area is 149 Å². The lowest BCUT2D eigenvalue weighted by atomic mass is 9.91. The highest BCUT2D eigenvalue weighted by Crippen LogP contribution is 2.42. The van der Waals surface area contributed by atoms with Crippen LogP contribution >= 0.6 is 0 Å². The molecule has 0 N–H and O–H groups in total. The first kappa shape index (κ1) is 17.0. The molecule has 1 aliphatic carbocycles. The first-order valence-electron chi connectivity index (χ1n) is 9.47. The van der Waals surface area contributed by atoms with Crippen molar-refractivity contribution in [3.05, 3.63) is 18.2 Å². The molecule has 0 aromatic carbocycles. The molecule has 0 radical (unpaired) electrons. The summed E-state index contributed by atoms with van der Waals surface area (Å²) < 4.78 is 14.3. The summed E-state index contributed by atoms with van der Waals surface area (Å²) in [4.78, 5) is 19.9. The van der Waals surface area contributed by atoms with Gasteiger partial charge in [0.05, 0.1) is 17.1 Å². The van der Waals surface area contributed by atoms with E-state index in [0.717, 1.165) is 31.6 Å². The number of imidazole rings is 1. The Morgan fingerprint density at radius 1 is 1.28 bits per heavy atom. The van der Waals surface area contributed by atoms with Crippen LogP contribution in [0.15, 0.2) is 12.4 Å². The van der Waals surface area contributed by atoms with Crippen molar-refractivity contribution in [2.45, 2.75) is 63.3 Å². The molecule has 0 unspecified atom stereocenters. The molecule has 3 heterocycles. The van der Waals surface area contributed by atoms with Gasteiger partial charge >= 0.3 is 0 Å². The number of aryl methyl sites for hydroxylation is 1. The van der Waals surface area contributed by atoms with E-state index >= 15 is 0 Å². The number of hydrogen-bond acceptors (Lipinski definition) is 4. The van der Waals surface area contributed by atoms with Crippen molar-refractivity contribution in [3.63, 3.8) is 0 Å². The van der Waals surface area contributed by atoms with Crippen LogP contribution < -0.4 is 0 Å². The second-order valence-corrected chi connectivity index (χ2v) is 8.53. The molecule has 3 aliphatic rings. The molecule has 6 nitrogen and oxygen atoms in total. The maximum absolute atomic E-state index is 13.4. The number of amides is 1. The standard InChI is InChI=1S/C19H29N3O3/c1-18(2)12-22(13-19(25-18)7-4-5-8-19)17(23)14-6-11-24-15(14)16-20-9-10-21(16)3/h9-10,14-15H,4-8,11-13H2,1-3H3/t14-,15-/m1/s1. The van der Waals surface area contributed by atoms with Crippen molar-refractivity contribution in [2.24, 2.45) is 13.0 Å². The van der Waals surface area contributed by atoms with Crippen molar-refractivity contribution >= 4 is 5.91 Å². The minimum atomic E-state index is -0.295.